The molecule has 0 amide bonds. The van der Waals surface area contributed by atoms with Gasteiger partial charge in [0, 0.05) is 0 Å². The number of hydrogen-bond donors (Lipinski definition) is 7. The number of Topliss-reactive ketones (excluding diaryl/α,β-unsaturated/α-hetero) is 1. The molecular weight excluding hydrogens is 306 g/mol. The molecule has 0 bridgehead atoms. The number of carbonyl (C=O) groups excluding carboxylic acids is 1. The maximum atomic E-state index is 10.5. The largest absolute Gasteiger partial charge is 0.480 e. The summed E-state index contributed by atoms with van der Waals surface area (Å²) in [4.78, 5) is 20.6. The first-order valence-electron chi connectivity index (χ1n) is 5.98. The van der Waals surface area contributed by atoms with Gasteiger partial charge in [-0.25, -0.2) is 0 Å². The molecule has 0 aliphatic carbocycles. The van der Waals surface area contributed by atoms with Gasteiger partial charge in [0.1, 0.15) is 31.0 Å². The van der Waals surface area contributed by atoms with Gasteiger partial charge in [0.25, 0.3) is 0 Å². The molecule has 0 saturated heterocycles. The lowest BCUT2D eigenvalue weighted by Gasteiger charge is -2.19. The van der Waals surface area contributed by atoms with Crippen LogP contribution in [-0.2, 0) is 9.59 Å². The monoisotopic (exact) mass is 329 g/mol. The van der Waals surface area contributed by atoms with Crippen LogP contribution >= 0.6 is 11.8 Å². The molecule has 0 aliphatic heterocycles. The zero-order chi connectivity index (χ0) is 17.0. The highest BCUT2D eigenvalue weighted by atomic mass is 32.2. The molecule has 1 unspecified atom stereocenters. The Hall–Kier alpha value is -0.750. The molecule has 0 saturated carbocycles. The summed E-state index contributed by atoms with van der Waals surface area (Å²) in [6.45, 7) is -1.69. The van der Waals surface area contributed by atoms with Crippen molar-refractivity contribution in [1.82, 2.24) is 0 Å². The van der Waals surface area contributed by atoms with Gasteiger partial charge in [-0.2, -0.15) is 11.8 Å². The van der Waals surface area contributed by atoms with Crippen molar-refractivity contribution in [2.24, 2.45) is 5.73 Å². The van der Waals surface area contributed by atoms with E-state index >= 15 is 0 Å². The zero-order valence-electron chi connectivity index (χ0n) is 11.6. The average Bonchev–Trinajstić information content (AvgIpc) is 2.49. The van der Waals surface area contributed by atoms with Crippen LogP contribution in [0.5, 0.6) is 0 Å². The van der Waals surface area contributed by atoms with Crippen LogP contribution in [0.4, 0.5) is 0 Å². The minimum atomic E-state index is -1.86. The lowest BCUT2D eigenvalue weighted by Crippen LogP contribution is -2.44. The van der Waals surface area contributed by atoms with E-state index in [1.807, 2.05) is 6.26 Å². The van der Waals surface area contributed by atoms with Crippen LogP contribution in [-0.4, -0.2) is 92.0 Å². The molecule has 126 valence electrons. The summed E-state index contributed by atoms with van der Waals surface area (Å²) in [7, 11) is 0. The zero-order valence-corrected chi connectivity index (χ0v) is 12.4. The van der Waals surface area contributed by atoms with Gasteiger partial charge in [0.05, 0.1) is 6.61 Å². The number of carboxylic acid groups (broad SMARTS) is 1. The second-order valence-electron chi connectivity index (χ2n) is 4.04. The smallest absolute Gasteiger partial charge is 0.320 e. The van der Waals surface area contributed by atoms with Crippen molar-refractivity contribution in [2.45, 2.75) is 30.8 Å². The third kappa shape index (κ3) is 10.6. The number of aliphatic hydroxyl groups is 5. The van der Waals surface area contributed by atoms with E-state index in [1.54, 1.807) is 11.8 Å². The fourth-order valence-electron chi connectivity index (χ4n) is 0.971. The number of ketones is 1. The third-order valence-corrected chi connectivity index (χ3v) is 2.98. The lowest BCUT2D eigenvalue weighted by molar-refractivity contribution is -0.142. The fourth-order valence-corrected chi connectivity index (χ4v) is 1.46. The molecular formula is C11H23NO8S. The van der Waals surface area contributed by atoms with Crippen molar-refractivity contribution in [2.75, 3.05) is 25.2 Å². The van der Waals surface area contributed by atoms with Gasteiger partial charge in [-0.3, -0.25) is 9.59 Å². The van der Waals surface area contributed by atoms with Crippen molar-refractivity contribution in [3.63, 3.8) is 0 Å². The van der Waals surface area contributed by atoms with Crippen molar-refractivity contribution < 1.29 is 40.2 Å². The summed E-state index contributed by atoms with van der Waals surface area (Å²) in [5.41, 5.74) is 5.19. The Morgan fingerprint density at radius 2 is 1.71 bits per heavy atom. The standard InChI is InChI=1S/C6H12O6.C5H11NO2S/c7-1-3(9)5(11)6(12)4(10)2-8;1-9-3-2-4(6)5(7)8/h3,5-9,11-12H,1-2H2;4H,2-3,6H2,1H3,(H,7,8)/t3-,5+,6+;/m1./s1. The van der Waals surface area contributed by atoms with Gasteiger partial charge in [0.15, 0.2) is 5.78 Å². The number of nitrogens with two attached hydrogens (primary N) is 1. The number of hydrogen-bond acceptors (Lipinski definition) is 9. The Morgan fingerprint density at radius 3 is 2.05 bits per heavy atom. The molecule has 0 fully saturated rings. The first-order valence-corrected chi connectivity index (χ1v) is 7.38. The SMILES string of the molecule is CSCCC(N)C(=O)O.O=C(CO)[C@H](O)[C@@H](O)[C@H](O)CO. The van der Waals surface area contributed by atoms with Gasteiger partial charge < -0.3 is 36.4 Å². The van der Waals surface area contributed by atoms with E-state index in [-0.39, 0.29) is 0 Å². The molecule has 8 N–H and O–H groups in total. The van der Waals surface area contributed by atoms with Gasteiger partial charge >= 0.3 is 5.97 Å². The van der Waals surface area contributed by atoms with Gasteiger partial charge in [0.2, 0.25) is 0 Å². The lowest BCUT2D eigenvalue weighted by atomic mass is 10.1. The molecule has 0 rings (SSSR count). The summed E-state index contributed by atoms with van der Waals surface area (Å²) in [6.07, 6.45) is -2.74. The first-order chi connectivity index (χ1) is 9.72. The predicted molar refractivity (Wildman–Crippen MR) is 75.8 cm³/mol. The molecule has 0 aromatic rings. The highest BCUT2D eigenvalue weighted by Gasteiger charge is 2.28. The molecule has 4 atom stereocenters. The van der Waals surface area contributed by atoms with Crippen LogP contribution < -0.4 is 5.73 Å². The molecule has 0 aromatic heterocycles. The predicted octanol–water partition coefficient (Wildman–Crippen LogP) is -3.23. The van der Waals surface area contributed by atoms with Crippen LogP contribution in [0.3, 0.4) is 0 Å². The summed E-state index contributed by atoms with van der Waals surface area (Å²) < 4.78 is 0. The summed E-state index contributed by atoms with van der Waals surface area (Å²) >= 11 is 1.60. The number of thioether (sulfide) groups is 1. The minimum absolute atomic E-state index is 0.552. The molecule has 0 radical (unpaired) electrons. The third-order valence-electron chi connectivity index (χ3n) is 2.34. The van der Waals surface area contributed by atoms with E-state index in [1.165, 1.54) is 0 Å². The maximum Gasteiger partial charge on any atom is 0.320 e. The normalized spacial score (nSPS) is 16.1. The molecule has 0 aliphatic rings. The topological polar surface area (TPSA) is 182 Å². The molecule has 21 heavy (non-hydrogen) atoms. The Kier molecular flexibility index (Phi) is 13.9. The van der Waals surface area contributed by atoms with E-state index < -0.39 is 49.3 Å². The first kappa shape index (κ1) is 22.5. The van der Waals surface area contributed by atoms with Crippen molar-refractivity contribution in [3.05, 3.63) is 0 Å². The Morgan fingerprint density at radius 1 is 1.19 bits per heavy atom. The maximum absolute atomic E-state index is 10.5. The second-order valence-corrected chi connectivity index (χ2v) is 5.02. The number of rotatable bonds is 9. The Bertz CT molecular complexity index is 304. The van der Waals surface area contributed by atoms with E-state index in [2.05, 4.69) is 0 Å². The van der Waals surface area contributed by atoms with E-state index in [0.717, 1.165) is 5.75 Å². The summed E-state index contributed by atoms with van der Waals surface area (Å²) in [5.74, 6) is -1.10. The minimum Gasteiger partial charge on any atom is -0.480 e. The summed E-state index contributed by atoms with van der Waals surface area (Å²) in [6, 6.07) is -0.683. The molecule has 0 spiro atoms. The Balaban J connectivity index is 0. The van der Waals surface area contributed by atoms with Gasteiger partial charge in [-0.1, -0.05) is 0 Å². The molecule has 0 heterocycles. The second kappa shape index (κ2) is 13.0. The van der Waals surface area contributed by atoms with Crippen LogP contribution in [0, 0.1) is 0 Å². The van der Waals surface area contributed by atoms with E-state index in [4.69, 9.17) is 36.4 Å². The van der Waals surface area contributed by atoms with Crippen molar-refractivity contribution in [3.8, 4) is 0 Å². The van der Waals surface area contributed by atoms with Crippen molar-refractivity contribution >= 4 is 23.5 Å². The number of carboxylic acids is 1. The highest BCUT2D eigenvalue weighted by Crippen LogP contribution is 2.00. The molecule has 0 aromatic carbocycles. The van der Waals surface area contributed by atoms with Crippen LogP contribution in [0.15, 0.2) is 0 Å². The highest BCUT2D eigenvalue weighted by molar-refractivity contribution is 7.98. The van der Waals surface area contributed by atoms with Crippen LogP contribution in [0.25, 0.3) is 0 Å². The molecule has 10 heteroatoms. The fraction of sp³-hybridized carbons (Fsp3) is 0.818. The molecule has 9 nitrogen and oxygen atoms in total. The van der Waals surface area contributed by atoms with Crippen LogP contribution in [0.2, 0.25) is 0 Å². The van der Waals surface area contributed by atoms with Gasteiger partial charge in [-0.05, 0) is 18.4 Å². The van der Waals surface area contributed by atoms with E-state index in [0.29, 0.717) is 6.42 Å². The van der Waals surface area contributed by atoms with Gasteiger partial charge in [-0.15, -0.1) is 0 Å². The quantitative estimate of drug-likeness (QED) is 0.227. The number of aliphatic carboxylic acids is 1. The van der Waals surface area contributed by atoms with Crippen molar-refractivity contribution in [1.29, 1.82) is 0 Å². The average molecular weight is 329 g/mol. The number of carbonyl (C=O) groups is 2. The van der Waals surface area contributed by atoms with E-state index in [9.17, 15) is 9.59 Å². The number of aliphatic hydroxyl groups excluding tert-OH is 5. The van der Waals surface area contributed by atoms with Crippen LogP contribution in [0.1, 0.15) is 6.42 Å². The summed E-state index contributed by atoms with van der Waals surface area (Å²) in [5, 5.41) is 51.3. The Labute approximate surface area is 126 Å².